The van der Waals surface area contributed by atoms with Crippen LogP contribution in [-0.2, 0) is 4.74 Å². The Balaban J connectivity index is 1.37. The lowest BCUT2D eigenvalue weighted by atomic mass is 9.95. The molecule has 8 nitrogen and oxygen atoms in total. The van der Waals surface area contributed by atoms with Crippen LogP contribution in [0, 0.1) is 29.9 Å². The van der Waals surface area contributed by atoms with Gasteiger partial charge in [-0.25, -0.2) is 13.2 Å². The van der Waals surface area contributed by atoms with E-state index >= 15 is 4.39 Å². The molecule has 3 aliphatic heterocycles. The van der Waals surface area contributed by atoms with Crippen molar-refractivity contribution in [3.05, 3.63) is 47.7 Å². The maximum Gasteiger partial charge on any atom is 0.319 e. The average molecular weight is 618 g/mol. The number of methoxy groups -OCH3 is 1. The molecule has 3 atom stereocenters. The number of alkyl halides is 1. The van der Waals surface area contributed by atoms with Gasteiger partial charge in [0.1, 0.15) is 41.4 Å². The number of terminal acetylenes is 1. The first kappa shape index (κ1) is 29.6. The number of fused-ring (bicyclic) bond motifs is 3. The summed E-state index contributed by atoms with van der Waals surface area (Å²) < 4.78 is 57.6. The lowest BCUT2D eigenvalue weighted by Crippen LogP contribution is -2.43. The Kier molecular flexibility index (Phi) is 7.66. The highest BCUT2D eigenvalue weighted by Gasteiger charge is 2.49. The molecule has 1 N–H and O–H groups in total. The zero-order chi connectivity index (χ0) is 31.3. The average Bonchev–Trinajstić information content (AvgIpc) is 3.56. The summed E-state index contributed by atoms with van der Waals surface area (Å²) in [4.78, 5) is 18.0. The molecule has 0 bridgehead atoms. The fraction of sp³-hybridized carbons (Fsp3) is 0.441. The van der Waals surface area contributed by atoms with Gasteiger partial charge >= 0.3 is 6.01 Å². The minimum Gasteiger partial charge on any atom is -0.508 e. The first-order chi connectivity index (χ1) is 21.8. The summed E-state index contributed by atoms with van der Waals surface area (Å²) in [5, 5.41) is 11.6. The predicted molar refractivity (Wildman–Crippen MR) is 165 cm³/mol. The zero-order valence-corrected chi connectivity index (χ0v) is 25.0. The van der Waals surface area contributed by atoms with Gasteiger partial charge < -0.3 is 19.5 Å². The van der Waals surface area contributed by atoms with E-state index in [1.54, 1.807) is 7.11 Å². The largest absolute Gasteiger partial charge is 0.508 e. The number of benzene rings is 2. The second-order valence-electron chi connectivity index (χ2n) is 12.4. The summed E-state index contributed by atoms with van der Waals surface area (Å²) in [6.45, 7) is 3.30. The number of hydrogen-bond acceptors (Lipinski definition) is 8. The van der Waals surface area contributed by atoms with Crippen molar-refractivity contribution in [3.63, 3.8) is 0 Å². The fourth-order valence-electron chi connectivity index (χ4n) is 7.54. The summed E-state index contributed by atoms with van der Waals surface area (Å²) in [6.07, 6.45) is 10.3. The molecular formula is C34H34F3N5O3. The summed E-state index contributed by atoms with van der Waals surface area (Å²) in [7, 11) is 1.67. The van der Waals surface area contributed by atoms with Crippen LogP contribution in [0.15, 0.2) is 30.5 Å². The van der Waals surface area contributed by atoms with Crippen LogP contribution >= 0.6 is 0 Å². The number of rotatable bonds is 7. The molecule has 0 unspecified atom stereocenters. The van der Waals surface area contributed by atoms with E-state index in [0.717, 1.165) is 32.2 Å². The fourth-order valence-corrected chi connectivity index (χ4v) is 7.54. The molecule has 0 saturated carbocycles. The Bertz CT molecular complexity index is 1830. The SMILES string of the molecule is C#Cc1c(F)ccc2cc(O)cc(-c3ncc4c(N5CCC[C@@H](COC)C5)nc(OC[C@@]56CCCN5C[C@H](F)C6)nc4c3F)c12. The molecule has 7 rings (SSSR count). The Labute approximate surface area is 259 Å². The standard InChI is InChI=1S/C34H34F3N5O3/c1-3-24-27(36)8-7-21-12-23(43)13-25(28(21)24)30-29(37)31-26(15-38-30)32(41-10-4-6-20(16-41)18-44-2)40-33(39-31)45-19-34-9-5-11-42(34)17-22(35)14-34/h1,7-8,12-13,15,20,22,43H,4-6,9-11,14,16-19H2,2H3/t20-,22-,34+/m1/s1. The van der Waals surface area contributed by atoms with Gasteiger partial charge in [0.15, 0.2) is 5.82 Å². The molecule has 11 heteroatoms. The monoisotopic (exact) mass is 617 g/mol. The van der Waals surface area contributed by atoms with Gasteiger partial charge in [-0.3, -0.25) is 9.88 Å². The summed E-state index contributed by atoms with van der Waals surface area (Å²) in [5.41, 5.74) is -0.534. The van der Waals surface area contributed by atoms with Crippen LogP contribution in [0.4, 0.5) is 19.0 Å². The van der Waals surface area contributed by atoms with E-state index in [9.17, 15) is 13.9 Å². The first-order valence-electron chi connectivity index (χ1n) is 15.3. The number of aromatic hydroxyl groups is 1. The number of phenols is 1. The van der Waals surface area contributed by atoms with E-state index in [2.05, 4.69) is 25.7 Å². The molecule has 3 fully saturated rings. The Morgan fingerprint density at radius 2 is 2.02 bits per heavy atom. The third kappa shape index (κ3) is 5.20. The van der Waals surface area contributed by atoms with Crippen LogP contribution < -0.4 is 9.64 Å². The Morgan fingerprint density at radius 3 is 2.84 bits per heavy atom. The van der Waals surface area contributed by atoms with E-state index in [-0.39, 0.29) is 52.0 Å². The topological polar surface area (TPSA) is 83.8 Å². The van der Waals surface area contributed by atoms with Gasteiger partial charge in [0.25, 0.3) is 0 Å². The van der Waals surface area contributed by atoms with Crippen molar-refractivity contribution in [2.24, 2.45) is 5.92 Å². The van der Waals surface area contributed by atoms with Crippen LogP contribution in [0.2, 0.25) is 0 Å². The molecule has 5 heterocycles. The van der Waals surface area contributed by atoms with E-state index < -0.39 is 23.3 Å². The molecular weight excluding hydrogens is 583 g/mol. The number of hydrogen-bond donors (Lipinski definition) is 1. The number of pyridine rings is 1. The molecule has 0 radical (unpaired) electrons. The molecule has 3 saturated heterocycles. The second kappa shape index (κ2) is 11.7. The maximum atomic E-state index is 16.7. The van der Waals surface area contributed by atoms with Gasteiger partial charge in [0, 0.05) is 50.3 Å². The minimum atomic E-state index is -0.922. The minimum absolute atomic E-state index is 0.0120. The number of piperidine rings is 1. The van der Waals surface area contributed by atoms with Crippen molar-refractivity contribution in [1.82, 2.24) is 19.9 Å². The smallest absolute Gasteiger partial charge is 0.319 e. The van der Waals surface area contributed by atoms with Gasteiger partial charge in [-0.05, 0) is 61.7 Å². The van der Waals surface area contributed by atoms with Crippen molar-refractivity contribution < 1.29 is 27.8 Å². The normalized spacial score (nSPS) is 23.5. The van der Waals surface area contributed by atoms with Crippen LogP contribution in [0.5, 0.6) is 11.8 Å². The Hall–Kier alpha value is -4.14. The van der Waals surface area contributed by atoms with Crippen LogP contribution in [-0.4, -0.2) is 83.2 Å². The highest BCUT2D eigenvalue weighted by molar-refractivity contribution is 6.03. The third-order valence-corrected chi connectivity index (χ3v) is 9.55. The number of anilines is 1. The van der Waals surface area contributed by atoms with Gasteiger partial charge in [-0.15, -0.1) is 6.42 Å². The predicted octanol–water partition coefficient (Wildman–Crippen LogP) is 5.63. The van der Waals surface area contributed by atoms with Crippen molar-refractivity contribution in [3.8, 4) is 35.4 Å². The van der Waals surface area contributed by atoms with E-state index in [1.165, 1.54) is 30.5 Å². The number of phenolic OH excluding ortho intramolecular Hbond substituents is 1. The van der Waals surface area contributed by atoms with Crippen molar-refractivity contribution in [2.45, 2.75) is 43.8 Å². The quantitative estimate of drug-likeness (QED) is 0.268. The number of ether oxygens (including phenoxy) is 2. The van der Waals surface area contributed by atoms with Gasteiger partial charge in [-0.2, -0.15) is 9.97 Å². The third-order valence-electron chi connectivity index (χ3n) is 9.55. The van der Waals surface area contributed by atoms with Crippen LogP contribution in [0.3, 0.4) is 0 Å². The Morgan fingerprint density at radius 1 is 1.16 bits per heavy atom. The molecule has 3 aliphatic rings. The second-order valence-corrected chi connectivity index (χ2v) is 12.4. The van der Waals surface area contributed by atoms with Crippen molar-refractivity contribution >= 4 is 27.5 Å². The number of halogens is 3. The highest BCUT2D eigenvalue weighted by Crippen LogP contribution is 2.42. The van der Waals surface area contributed by atoms with E-state index in [4.69, 9.17) is 20.9 Å². The molecule has 0 spiro atoms. The molecule has 2 aromatic carbocycles. The van der Waals surface area contributed by atoms with Crippen molar-refractivity contribution in [1.29, 1.82) is 0 Å². The molecule has 45 heavy (non-hydrogen) atoms. The van der Waals surface area contributed by atoms with E-state index in [1.807, 2.05) is 0 Å². The summed E-state index contributed by atoms with van der Waals surface area (Å²) >= 11 is 0. The molecule has 234 valence electrons. The van der Waals surface area contributed by atoms with E-state index in [0.29, 0.717) is 49.3 Å². The number of nitrogens with zero attached hydrogens (tertiary/aromatic N) is 5. The molecule has 4 aromatic rings. The first-order valence-corrected chi connectivity index (χ1v) is 15.3. The van der Waals surface area contributed by atoms with Crippen LogP contribution in [0.25, 0.3) is 32.9 Å². The van der Waals surface area contributed by atoms with Gasteiger partial charge in [-0.1, -0.05) is 12.0 Å². The highest BCUT2D eigenvalue weighted by atomic mass is 19.1. The lowest BCUT2D eigenvalue weighted by molar-refractivity contribution is 0.107. The van der Waals surface area contributed by atoms with Crippen molar-refractivity contribution in [2.75, 3.05) is 51.4 Å². The molecule has 0 aliphatic carbocycles. The van der Waals surface area contributed by atoms with Gasteiger partial charge in [0.2, 0.25) is 0 Å². The maximum absolute atomic E-state index is 16.7. The zero-order valence-electron chi connectivity index (χ0n) is 25.0. The number of aromatic nitrogens is 3. The van der Waals surface area contributed by atoms with Crippen LogP contribution in [0.1, 0.15) is 37.7 Å². The lowest BCUT2D eigenvalue weighted by Gasteiger charge is -2.34. The molecule has 2 aromatic heterocycles. The summed E-state index contributed by atoms with van der Waals surface area (Å²) in [6, 6.07) is 5.43. The van der Waals surface area contributed by atoms with Gasteiger partial charge in [0.05, 0.1) is 23.1 Å². The molecule has 0 amide bonds. The summed E-state index contributed by atoms with van der Waals surface area (Å²) in [5.74, 6) is 1.54.